The van der Waals surface area contributed by atoms with Crippen LogP contribution in [-0.4, -0.2) is 31.2 Å². The van der Waals surface area contributed by atoms with E-state index in [0.29, 0.717) is 17.1 Å². The molecular weight excluding hydrogens is 329 g/mol. The van der Waals surface area contributed by atoms with Crippen molar-refractivity contribution in [2.75, 3.05) is 19.5 Å². The molecule has 0 unspecified atom stereocenters. The predicted octanol–water partition coefficient (Wildman–Crippen LogP) is 3.19. The van der Waals surface area contributed by atoms with Gasteiger partial charge in [0.2, 0.25) is 5.91 Å². The van der Waals surface area contributed by atoms with Crippen molar-refractivity contribution >= 4 is 23.6 Å². The Balaban J connectivity index is 2.17. The molecule has 0 atom stereocenters. The molecule has 2 aromatic carbocycles. The number of nitrogens with one attached hydrogen (secondary N) is 1. The van der Waals surface area contributed by atoms with Crippen LogP contribution in [0.4, 0.5) is 10.1 Å². The van der Waals surface area contributed by atoms with Crippen LogP contribution < -0.4 is 14.8 Å². The summed E-state index contributed by atoms with van der Waals surface area (Å²) in [7, 11) is 3.01. The number of methoxy groups -OCH3 is 2. The lowest BCUT2D eigenvalue weighted by Crippen LogP contribution is -2.13. The third kappa shape index (κ3) is 4.35. The lowest BCUT2D eigenvalue weighted by atomic mass is 10.1. The summed E-state index contributed by atoms with van der Waals surface area (Å²) in [5, 5.41) is 11.4. The van der Waals surface area contributed by atoms with Crippen LogP contribution in [0.5, 0.6) is 11.5 Å². The first kappa shape index (κ1) is 18.0. The average molecular weight is 345 g/mol. The number of hydrogen-bond donors (Lipinski definition) is 2. The van der Waals surface area contributed by atoms with Crippen molar-refractivity contribution in [3.8, 4) is 11.5 Å². The fraction of sp³-hybridized carbons (Fsp3) is 0.111. The zero-order valence-electron chi connectivity index (χ0n) is 13.6. The molecule has 0 radical (unpaired) electrons. The normalized spacial score (nSPS) is 10.5. The van der Waals surface area contributed by atoms with E-state index in [1.807, 2.05) is 0 Å². The highest BCUT2D eigenvalue weighted by atomic mass is 19.1. The fourth-order valence-electron chi connectivity index (χ4n) is 2.15. The molecule has 0 spiro atoms. The number of halogens is 1. The van der Waals surface area contributed by atoms with Gasteiger partial charge in [-0.2, -0.15) is 0 Å². The molecule has 0 bridgehead atoms. The topological polar surface area (TPSA) is 84.9 Å². The lowest BCUT2D eigenvalue weighted by molar-refractivity contribution is -0.111. The molecular formula is C18H16FNO5. The first-order chi connectivity index (χ1) is 12.0. The number of anilines is 1. The molecule has 0 aliphatic heterocycles. The van der Waals surface area contributed by atoms with Gasteiger partial charge in [-0.3, -0.25) is 4.79 Å². The van der Waals surface area contributed by atoms with Crippen LogP contribution in [0.15, 0.2) is 42.5 Å². The van der Waals surface area contributed by atoms with Gasteiger partial charge in [0.25, 0.3) is 0 Å². The predicted molar refractivity (Wildman–Crippen MR) is 90.6 cm³/mol. The maximum atomic E-state index is 13.6. The Hall–Kier alpha value is -3.35. The van der Waals surface area contributed by atoms with Crippen molar-refractivity contribution in [3.63, 3.8) is 0 Å². The number of carbonyl (C=O) groups excluding carboxylic acids is 1. The van der Waals surface area contributed by atoms with Gasteiger partial charge < -0.3 is 19.9 Å². The Morgan fingerprint density at radius 1 is 1.12 bits per heavy atom. The summed E-state index contributed by atoms with van der Waals surface area (Å²) in [5.41, 5.74) is -0.0321. The zero-order valence-corrected chi connectivity index (χ0v) is 13.6. The maximum Gasteiger partial charge on any atom is 0.340 e. The molecule has 1 amide bonds. The molecule has 2 N–H and O–H groups in total. The van der Waals surface area contributed by atoms with Crippen LogP contribution in [-0.2, 0) is 4.79 Å². The molecule has 0 fully saturated rings. The quantitative estimate of drug-likeness (QED) is 0.786. The molecule has 0 aliphatic carbocycles. The zero-order chi connectivity index (χ0) is 18.4. The Morgan fingerprint density at radius 3 is 2.48 bits per heavy atom. The number of carbonyl (C=O) groups is 2. The van der Waals surface area contributed by atoms with Gasteiger partial charge in [-0.05, 0) is 35.9 Å². The molecule has 0 heterocycles. The summed E-state index contributed by atoms with van der Waals surface area (Å²) in [6.07, 6.45) is 2.72. The van der Waals surface area contributed by atoms with E-state index in [-0.39, 0.29) is 5.69 Å². The second-order valence-electron chi connectivity index (χ2n) is 4.90. The summed E-state index contributed by atoms with van der Waals surface area (Å²) in [6.45, 7) is 0. The first-order valence-electron chi connectivity index (χ1n) is 7.19. The Labute approximate surface area is 143 Å². The van der Waals surface area contributed by atoms with Crippen molar-refractivity contribution in [3.05, 3.63) is 59.4 Å². The molecule has 0 saturated carbocycles. The smallest absolute Gasteiger partial charge is 0.340 e. The van der Waals surface area contributed by atoms with Crippen LogP contribution in [0.2, 0.25) is 0 Å². The van der Waals surface area contributed by atoms with Crippen molar-refractivity contribution in [2.45, 2.75) is 0 Å². The fourth-order valence-corrected chi connectivity index (χ4v) is 2.15. The SMILES string of the molecule is COc1ccc(/C=C/C(=O)Nc2cccc(F)c2C(=O)O)cc1OC. The average Bonchev–Trinajstić information content (AvgIpc) is 2.59. The van der Waals surface area contributed by atoms with Crippen LogP contribution in [0.1, 0.15) is 15.9 Å². The molecule has 6 nitrogen and oxygen atoms in total. The molecule has 2 rings (SSSR count). The molecule has 130 valence electrons. The lowest BCUT2D eigenvalue weighted by Gasteiger charge is -2.08. The highest BCUT2D eigenvalue weighted by Crippen LogP contribution is 2.28. The van der Waals surface area contributed by atoms with Crippen LogP contribution in [0.3, 0.4) is 0 Å². The Kier molecular flexibility index (Phi) is 5.73. The minimum atomic E-state index is -1.46. The van der Waals surface area contributed by atoms with Crippen molar-refractivity contribution in [1.82, 2.24) is 0 Å². The Bertz CT molecular complexity index is 832. The summed E-state index contributed by atoms with van der Waals surface area (Å²) in [5.74, 6) is -1.92. The first-order valence-corrected chi connectivity index (χ1v) is 7.19. The minimum absolute atomic E-state index is 0.116. The molecule has 0 aromatic heterocycles. The van der Waals surface area contributed by atoms with Gasteiger partial charge in [-0.1, -0.05) is 12.1 Å². The summed E-state index contributed by atoms with van der Waals surface area (Å²) < 4.78 is 23.9. The maximum absolute atomic E-state index is 13.6. The number of ether oxygens (including phenoxy) is 2. The molecule has 0 aliphatic rings. The molecule has 2 aromatic rings. The van der Waals surface area contributed by atoms with Crippen LogP contribution in [0, 0.1) is 5.82 Å². The van der Waals surface area contributed by atoms with E-state index in [9.17, 15) is 14.0 Å². The van der Waals surface area contributed by atoms with Gasteiger partial charge in [0.15, 0.2) is 11.5 Å². The van der Waals surface area contributed by atoms with Gasteiger partial charge in [0.1, 0.15) is 11.4 Å². The number of benzene rings is 2. The van der Waals surface area contributed by atoms with Gasteiger partial charge in [0, 0.05) is 6.08 Å². The highest BCUT2D eigenvalue weighted by molar-refractivity contribution is 6.06. The van der Waals surface area contributed by atoms with E-state index in [4.69, 9.17) is 14.6 Å². The second-order valence-corrected chi connectivity index (χ2v) is 4.90. The minimum Gasteiger partial charge on any atom is -0.493 e. The third-order valence-electron chi connectivity index (χ3n) is 3.32. The van der Waals surface area contributed by atoms with Gasteiger partial charge in [-0.25, -0.2) is 9.18 Å². The number of carboxylic acids is 1. The van der Waals surface area contributed by atoms with Gasteiger partial charge in [-0.15, -0.1) is 0 Å². The number of aromatic carboxylic acids is 1. The van der Waals surface area contributed by atoms with Crippen LogP contribution in [0.25, 0.3) is 6.08 Å². The molecule has 25 heavy (non-hydrogen) atoms. The van der Waals surface area contributed by atoms with Gasteiger partial charge >= 0.3 is 5.97 Å². The summed E-state index contributed by atoms with van der Waals surface area (Å²) in [4.78, 5) is 23.1. The molecule has 0 saturated heterocycles. The van der Waals surface area contributed by atoms with E-state index in [0.717, 1.165) is 6.07 Å². The highest BCUT2D eigenvalue weighted by Gasteiger charge is 2.16. The monoisotopic (exact) mass is 345 g/mol. The van der Waals surface area contributed by atoms with E-state index in [2.05, 4.69) is 5.32 Å². The van der Waals surface area contributed by atoms with E-state index < -0.39 is 23.3 Å². The molecule has 7 heteroatoms. The van der Waals surface area contributed by atoms with Crippen molar-refractivity contribution < 1.29 is 28.6 Å². The van der Waals surface area contributed by atoms with E-state index >= 15 is 0 Å². The standard InChI is InChI=1S/C18H16FNO5/c1-24-14-8-6-11(10-15(14)25-2)7-9-16(21)20-13-5-3-4-12(19)17(13)18(22)23/h3-10H,1-2H3,(H,20,21)(H,22,23)/b9-7+. The van der Waals surface area contributed by atoms with Gasteiger partial charge in [0.05, 0.1) is 19.9 Å². The van der Waals surface area contributed by atoms with Crippen molar-refractivity contribution in [1.29, 1.82) is 0 Å². The summed E-state index contributed by atoms with van der Waals surface area (Å²) in [6, 6.07) is 8.72. The van der Waals surface area contributed by atoms with E-state index in [1.165, 1.54) is 38.5 Å². The number of rotatable bonds is 6. The largest absolute Gasteiger partial charge is 0.493 e. The third-order valence-corrected chi connectivity index (χ3v) is 3.32. The van der Waals surface area contributed by atoms with E-state index in [1.54, 1.807) is 18.2 Å². The number of hydrogen-bond acceptors (Lipinski definition) is 4. The van der Waals surface area contributed by atoms with Crippen LogP contribution >= 0.6 is 0 Å². The second kappa shape index (κ2) is 7.96. The number of carboxylic acid groups (broad SMARTS) is 1. The number of amides is 1. The Morgan fingerprint density at radius 2 is 1.84 bits per heavy atom. The summed E-state index contributed by atoms with van der Waals surface area (Å²) >= 11 is 0. The van der Waals surface area contributed by atoms with Crippen molar-refractivity contribution in [2.24, 2.45) is 0 Å².